The van der Waals surface area contributed by atoms with Crippen molar-refractivity contribution in [3.63, 3.8) is 0 Å². The molecule has 140 valence electrons. The van der Waals surface area contributed by atoms with Crippen LogP contribution in [-0.4, -0.2) is 55.9 Å². The largest absolute Gasteiger partial charge is 0.472 e. The summed E-state index contributed by atoms with van der Waals surface area (Å²) in [7, 11) is 0. The molecule has 0 radical (unpaired) electrons. The third-order valence-corrected chi connectivity index (χ3v) is 4.75. The van der Waals surface area contributed by atoms with Crippen LogP contribution in [0.3, 0.4) is 0 Å². The normalized spacial score (nSPS) is 17.2. The van der Waals surface area contributed by atoms with Crippen LogP contribution in [0.15, 0.2) is 35.3 Å². The topological polar surface area (TPSA) is 106 Å². The molecule has 4 heterocycles. The molecule has 1 unspecified atom stereocenters. The Morgan fingerprint density at radius 2 is 2.22 bits per heavy atom. The van der Waals surface area contributed by atoms with Crippen LogP contribution in [0.5, 0.6) is 0 Å². The van der Waals surface area contributed by atoms with Crippen LogP contribution in [0.1, 0.15) is 39.5 Å². The number of likely N-dealkylation sites (tertiary alicyclic amines) is 1. The highest BCUT2D eigenvalue weighted by Gasteiger charge is 2.28. The van der Waals surface area contributed by atoms with E-state index < -0.39 is 0 Å². The summed E-state index contributed by atoms with van der Waals surface area (Å²) in [6, 6.07) is 3.44. The minimum Gasteiger partial charge on any atom is -0.472 e. The molecule has 1 aliphatic rings. The van der Waals surface area contributed by atoms with Crippen LogP contribution in [0, 0.1) is 12.8 Å². The van der Waals surface area contributed by atoms with Gasteiger partial charge in [0.25, 0.3) is 17.6 Å². The number of nitrogens with zero attached hydrogens (tertiary/aromatic N) is 5. The van der Waals surface area contributed by atoms with Gasteiger partial charge < -0.3 is 14.6 Å². The van der Waals surface area contributed by atoms with Crippen LogP contribution >= 0.6 is 0 Å². The van der Waals surface area contributed by atoms with Crippen molar-refractivity contribution >= 4 is 17.6 Å². The van der Waals surface area contributed by atoms with Gasteiger partial charge in [-0.3, -0.25) is 14.0 Å². The van der Waals surface area contributed by atoms with Gasteiger partial charge in [0.1, 0.15) is 6.26 Å². The second-order valence-corrected chi connectivity index (χ2v) is 6.74. The number of carbonyl (C=O) groups is 2. The van der Waals surface area contributed by atoms with E-state index in [0.29, 0.717) is 31.0 Å². The Balaban J connectivity index is 1.41. The highest BCUT2D eigenvalue weighted by atomic mass is 16.3. The molecule has 2 amide bonds. The molecule has 9 heteroatoms. The van der Waals surface area contributed by atoms with Gasteiger partial charge >= 0.3 is 0 Å². The molecule has 27 heavy (non-hydrogen) atoms. The lowest BCUT2D eigenvalue weighted by molar-refractivity contribution is 0.0657. The number of hydrogen-bond donors (Lipinski definition) is 1. The van der Waals surface area contributed by atoms with Crippen molar-refractivity contribution in [1.82, 2.24) is 29.8 Å². The van der Waals surface area contributed by atoms with E-state index in [0.717, 1.165) is 18.5 Å². The molecule has 1 fully saturated rings. The zero-order valence-electron chi connectivity index (χ0n) is 15.0. The molecule has 0 spiro atoms. The van der Waals surface area contributed by atoms with Gasteiger partial charge in [0, 0.05) is 31.5 Å². The van der Waals surface area contributed by atoms with Gasteiger partial charge in [0.15, 0.2) is 0 Å². The quantitative estimate of drug-likeness (QED) is 0.744. The molecular weight excluding hydrogens is 348 g/mol. The average Bonchev–Trinajstić information content (AvgIpc) is 3.35. The first-order chi connectivity index (χ1) is 13.1. The van der Waals surface area contributed by atoms with E-state index in [1.165, 1.54) is 12.5 Å². The number of nitrogens with one attached hydrogen (secondary N) is 1. The Bertz CT molecular complexity index is 965. The molecule has 0 saturated carbocycles. The Kier molecular flexibility index (Phi) is 4.57. The highest BCUT2D eigenvalue weighted by molar-refractivity contribution is 5.93. The third kappa shape index (κ3) is 3.53. The summed E-state index contributed by atoms with van der Waals surface area (Å²) >= 11 is 0. The molecule has 1 saturated heterocycles. The van der Waals surface area contributed by atoms with Gasteiger partial charge in [-0.05, 0) is 37.8 Å². The van der Waals surface area contributed by atoms with E-state index in [-0.39, 0.29) is 23.6 Å². The van der Waals surface area contributed by atoms with E-state index in [1.807, 2.05) is 13.0 Å². The van der Waals surface area contributed by atoms with Crippen molar-refractivity contribution in [2.75, 3.05) is 19.6 Å². The number of aromatic nitrogens is 4. The van der Waals surface area contributed by atoms with Gasteiger partial charge in [-0.25, -0.2) is 4.98 Å². The lowest BCUT2D eigenvalue weighted by atomic mass is 9.97. The molecule has 4 rings (SSSR count). The molecule has 0 bridgehead atoms. The van der Waals surface area contributed by atoms with E-state index >= 15 is 0 Å². The summed E-state index contributed by atoms with van der Waals surface area (Å²) in [6.45, 7) is 3.61. The minimum absolute atomic E-state index is 0.168. The maximum absolute atomic E-state index is 12.9. The van der Waals surface area contributed by atoms with E-state index in [2.05, 4.69) is 20.5 Å². The summed E-state index contributed by atoms with van der Waals surface area (Å²) in [5.74, 6) is 0.536. The monoisotopic (exact) mass is 368 g/mol. The summed E-state index contributed by atoms with van der Waals surface area (Å²) in [5.41, 5.74) is 1.32. The zero-order chi connectivity index (χ0) is 18.8. The van der Waals surface area contributed by atoms with Gasteiger partial charge in [0.05, 0.1) is 11.8 Å². The molecule has 1 atom stereocenters. The highest BCUT2D eigenvalue weighted by Crippen LogP contribution is 2.18. The fraction of sp³-hybridized carbons (Fsp3) is 0.389. The number of rotatable bonds is 4. The number of carbonyl (C=O) groups excluding carboxylic acids is 2. The van der Waals surface area contributed by atoms with Gasteiger partial charge in [-0.15, -0.1) is 10.2 Å². The molecule has 0 aliphatic carbocycles. The molecular formula is C18H20N6O3. The van der Waals surface area contributed by atoms with E-state index in [1.54, 1.807) is 21.6 Å². The Morgan fingerprint density at radius 1 is 1.33 bits per heavy atom. The molecule has 0 aromatic carbocycles. The Hall–Kier alpha value is -3.23. The number of hydrogen-bond acceptors (Lipinski definition) is 6. The number of aryl methyl sites for hydroxylation is 1. The van der Waals surface area contributed by atoms with Crippen LogP contribution < -0.4 is 5.32 Å². The van der Waals surface area contributed by atoms with Gasteiger partial charge in [-0.1, -0.05) is 0 Å². The zero-order valence-corrected chi connectivity index (χ0v) is 15.0. The molecule has 3 aromatic heterocycles. The van der Waals surface area contributed by atoms with Crippen molar-refractivity contribution < 1.29 is 14.0 Å². The van der Waals surface area contributed by atoms with Crippen molar-refractivity contribution in [3.05, 3.63) is 47.9 Å². The van der Waals surface area contributed by atoms with E-state index in [4.69, 9.17) is 4.42 Å². The Labute approximate surface area is 155 Å². The maximum atomic E-state index is 12.9. The van der Waals surface area contributed by atoms with Crippen LogP contribution in [-0.2, 0) is 0 Å². The second kappa shape index (κ2) is 7.18. The standard InChI is InChI=1S/C18H20N6O3/c1-12-4-7-24-15(21-22-18(24)20-12)17(26)23-6-2-3-13(10-23)9-19-16(25)14-5-8-27-11-14/h4-5,7-8,11,13H,2-3,6,9-10H2,1H3,(H,19,25). The van der Waals surface area contributed by atoms with Crippen LogP contribution in [0.25, 0.3) is 5.78 Å². The Morgan fingerprint density at radius 3 is 3.04 bits per heavy atom. The van der Waals surface area contributed by atoms with Crippen molar-refractivity contribution in [2.24, 2.45) is 5.92 Å². The number of piperidine rings is 1. The summed E-state index contributed by atoms with van der Waals surface area (Å²) in [4.78, 5) is 31.0. The molecule has 9 nitrogen and oxygen atoms in total. The first-order valence-electron chi connectivity index (χ1n) is 8.90. The fourth-order valence-electron chi connectivity index (χ4n) is 3.31. The average molecular weight is 368 g/mol. The van der Waals surface area contributed by atoms with Gasteiger partial charge in [0.2, 0.25) is 5.82 Å². The smallest absolute Gasteiger partial charge is 0.292 e. The van der Waals surface area contributed by atoms with Crippen molar-refractivity contribution in [3.8, 4) is 0 Å². The first kappa shape index (κ1) is 17.2. The van der Waals surface area contributed by atoms with Crippen molar-refractivity contribution in [2.45, 2.75) is 19.8 Å². The number of furan rings is 1. The van der Waals surface area contributed by atoms with Crippen molar-refractivity contribution in [1.29, 1.82) is 0 Å². The predicted octanol–water partition coefficient (Wildman–Crippen LogP) is 1.31. The maximum Gasteiger partial charge on any atom is 0.292 e. The van der Waals surface area contributed by atoms with Crippen LogP contribution in [0.2, 0.25) is 0 Å². The fourth-order valence-corrected chi connectivity index (χ4v) is 3.31. The summed E-state index contributed by atoms with van der Waals surface area (Å²) in [6.07, 6.45) is 6.48. The molecule has 3 aromatic rings. The number of amides is 2. The minimum atomic E-state index is -0.169. The summed E-state index contributed by atoms with van der Waals surface area (Å²) in [5, 5.41) is 10.9. The predicted molar refractivity (Wildman–Crippen MR) is 95.2 cm³/mol. The lowest BCUT2D eigenvalue weighted by Crippen LogP contribution is -2.44. The van der Waals surface area contributed by atoms with Gasteiger partial charge in [-0.2, -0.15) is 0 Å². The lowest BCUT2D eigenvalue weighted by Gasteiger charge is -2.32. The number of fused-ring (bicyclic) bond motifs is 1. The molecule has 1 N–H and O–H groups in total. The van der Waals surface area contributed by atoms with Crippen LogP contribution in [0.4, 0.5) is 0 Å². The molecule has 1 aliphatic heterocycles. The van der Waals surface area contributed by atoms with E-state index in [9.17, 15) is 9.59 Å². The second-order valence-electron chi connectivity index (χ2n) is 6.74. The third-order valence-electron chi connectivity index (χ3n) is 4.75. The first-order valence-corrected chi connectivity index (χ1v) is 8.90. The summed E-state index contributed by atoms with van der Waals surface area (Å²) < 4.78 is 6.54. The SMILES string of the molecule is Cc1ccn2c(C(=O)N3CCCC(CNC(=O)c4ccoc4)C3)nnc2n1.